The van der Waals surface area contributed by atoms with Crippen molar-refractivity contribution >= 4 is 17.7 Å². The molecule has 3 rings (SSSR count). The molecule has 1 N–H and O–H groups in total. The summed E-state index contributed by atoms with van der Waals surface area (Å²) in [7, 11) is 0. The molecule has 0 aromatic heterocycles. The molecule has 1 saturated heterocycles. The summed E-state index contributed by atoms with van der Waals surface area (Å²) < 4.78 is 5.76. The molecule has 1 heterocycles. The Morgan fingerprint density at radius 2 is 1.79 bits per heavy atom. The second-order valence-corrected chi connectivity index (χ2v) is 8.03. The van der Waals surface area contributed by atoms with Crippen molar-refractivity contribution in [2.45, 2.75) is 61.7 Å². The average Bonchev–Trinajstić information content (AvgIpc) is 2.63. The van der Waals surface area contributed by atoms with Crippen molar-refractivity contribution < 1.29 is 14.6 Å². The first-order chi connectivity index (χ1) is 11.7. The van der Waals surface area contributed by atoms with E-state index in [2.05, 4.69) is 4.90 Å². The zero-order chi connectivity index (χ0) is 16.8. The van der Waals surface area contributed by atoms with E-state index in [-0.39, 0.29) is 0 Å². The molecule has 1 aliphatic heterocycles. The highest BCUT2D eigenvalue weighted by atomic mass is 32.2. The van der Waals surface area contributed by atoms with Gasteiger partial charge in [-0.15, -0.1) is 11.8 Å². The summed E-state index contributed by atoms with van der Waals surface area (Å²) in [6.07, 6.45) is 8.61. The van der Waals surface area contributed by atoms with Crippen LogP contribution in [0.5, 0.6) is 5.75 Å². The Kier molecular flexibility index (Phi) is 6.44. The molecule has 2 aliphatic rings. The van der Waals surface area contributed by atoms with Gasteiger partial charge in [0.2, 0.25) is 5.44 Å². The second kappa shape index (κ2) is 8.77. The number of rotatable bonds is 6. The number of thioether (sulfide) groups is 1. The molecule has 1 aliphatic carbocycles. The van der Waals surface area contributed by atoms with Crippen molar-refractivity contribution in [1.82, 2.24) is 4.90 Å². The number of piperidine rings is 1. The number of carboxylic acid groups (broad SMARTS) is 1. The lowest BCUT2D eigenvalue weighted by molar-refractivity contribution is -0.140. The number of benzene rings is 1. The Bertz CT molecular complexity index is 519. The molecule has 0 radical (unpaired) electrons. The van der Waals surface area contributed by atoms with Gasteiger partial charge in [-0.3, -0.25) is 4.90 Å². The number of carboxylic acids is 1. The van der Waals surface area contributed by atoms with Crippen LogP contribution in [0, 0.1) is 0 Å². The minimum absolute atomic E-state index is 0.349. The van der Waals surface area contributed by atoms with Crippen LogP contribution in [0.2, 0.25) is 0 Å². The van der Waals surface area contributed by atoms with E-state index in [1.54, 1.807) is 0 Å². The lowest BCUT2D eigenvalue weighted by Crippen LogP contribution is -2.47. The van der Waals surface area contributed by atoms with Gasteiger partial charge in [0.15, 0.2) is 0 Å². The zero-order valence-corrected chi connectivity index (χ0v) is 14.9. The van der Waals surface area contributed by atoms with Gasteiger partial charge >= 0.3 is 5.97 Å². The SMILES string of the molecule is O=C(O)C(Oc1ccccc1)SC1CCCCC1N1CCCCC1. The monoisotopic (exact) mass is 349 g/mol. The zero-order valence-electron chi connectivity index (χ0n) is 14.1. The summed E-state index contributed by atoms with van der Waals surface area (Å²) in [6, 6.07) is 9.79. The maximum Gasteiger partial charge on any atom is 0.355 e. The number of carbonyl (C=O) groups is 1. The van der Waals surface area contributed by atoms with Crippen LogP contribution in [0.3, 0.4) is 0 Å². The van der Waals surface area contributed by atoms with Gasteiger partial charge in [0.25, 0.3) is 0 Å². The molecule has 1 aromatic rings. The van der Waals surface area contributed by atoms with Gasteiger partial charge in [0.1, 0.15) is 5.75 Å². The van der Waals surface area contributed by atoms with Gasteiger partial charge in [0.05, 0.1) is 0 Å². The number of hydrogen-bond donors (Lipinski definition) is 1. The molecule has 5 heteroatoms. The molecule has 0 bridgehead atoms. The van der Waals surface area contributed by atoms with E-state index in [1.165, 1.54) is 63.4 Å². The first kappa shape index (κ1) is 17.6. The summed E-state index contributed by atoms with van der Waals surface area (Å²) in [6.45, 7) is 2.33. The van der Waals surface area contributed by atoms with E-state index in [0.29, 0.717) is 17.0 Å². The summed E-state index contributed by atoms with van der Waals surface area (Å²) in [5.41, 5.74) is -0.831. The predicted molar refractivity (Wildman–Crippen MR) is 97.6 cm³/mol. The molecule has 2 fully saturated rings. The fraction of sp³-hybridized carbons (Fsp3) is 0.632. The summed E-state index contributed by atoms with van der Waals surface area (Å²) in [4.78, 5) is 14.3. The highest BCUT2D eigenvalue weighted by Crippen LogP contribution is 2.36. The van der Waals surface area contributed by atoms with Gasteiger partial charge in [-0.1, -0.05) is 37.5 Å². The molecule has 132 valence electrons. The van der Waals surface area contributed by atoms with Crippen LogP contribution in [0.25, 0.3) is 0 Å². The van der Waals surface area contributed by atoms with Crippen molar-refractivity contribution in [2.75, 3.05) is 13.1 Å². The molecule has 0 spiro atoms. The fourth-order valence-electron chi connectivity index (χ4n) is 3.82. The average molecular weight is 349 g/mol. The summed E-state index contributed by atoms with van der Waals surface area (Å²) >= 11 is 1.51. The van der Waals surface area contributed by atoms with Crippen molar-refractivity contribution in [3.63, 3.8) is 0 Å². The summed E-state index contributed by atoms with van der Waals surface area (Å²) in [5.74, 6) is -0.255. The third-order valence-electron chi connectivity index (χ3n) is 5.01. The van der Waals surface area contributed by atoms with Gasteiger partial charge in [0, 0.05) is 11.3 Å². The topological polar surface area (TPSA) is 49.8 Å². The molecular weight excluding hydrogens is 322 g/mol. The van der Waals surface area contributed by atoms with Crippen LogP contribution in [0.4, 0.5) is 0 Å². The van der Waals surface area contributed by atoms with Crippen LogP contribution >= 0.6 is 11.8 Å². The normalized spacial score (nSPS) is 26.7. The van der Waals surface area contributed by atoms with E-state index in [0.717, 1.165) is 6.42 Å². The molecule has 1 aromatic carbocycles. The Balaban J connectivity index is 1.66. The molecule has 1 saturated carbocycles. The van der Waals surface area contributed by atoms with E-state index < -0.39 is 11.4 Å². The lowest BCUT2D eigenvalue weighted by Gasteiger charge is -2.42. The number of para-hydroxylation sites is 1. The largest absolute Gasteiger partial charge is 0.478 e. The van der Waals surface area contributed by atoms with E-state index in [4.69, 9.17) is 4.74 Å². The summed E-state index contributed by atoms with van der Waals surface area (Å²) in [5, 5.41) is 9.95. The third-order valence-corrected chi connectivity index (χ3v) is 6.46. The molecule has 24 heavy (non-hydrogen) atoms. The number of ether oxygens (including phenoxy) is 1. The van der Waals surface area contributed by atoms with Crippen LogP contribution in [0.15, 0.2) is 30.3 Å². The highest BCUT2D eigenvalue weighted by molar-refractivity contribution is 8.01. The van der Waals surface area contributed by atoms with E-state index >= 15 is 0 Å². The fourth-order valence-corrected chi connectivity index (χ4v) is 5.21. The molecule has 4 nitrogen and oxygen atoms in total. The quantitative estimate of drug-likeness (QED) is 0.787. The maximum absolute atomic E-state index is 11.7. The van der Waals surface area contributed by atoms with Gasteiger partial charge in [-0.2, -0.15) is 0 Å². The minimum atomic E-state index is -0.883. The number of likely N-dealkylation sites (tertiary alicyclic amines) is 1. The van der Waals surface area contributed by atoms with E-state index in [9.17, 15) is 9.90 Å². The Hall–Kier alpha value is -1.20. The van der Waals surface area contributed by atoms with Crippen LogP contribution in [-0.2, 0) is 4.79 Å². The third kappa shape index (κ3) is 4.67. The first-order valence-electron chi connectivity index (χ1n) is 9.08. The molecule has 3 unspecified atom stereocenters. The van der Waals surface area contributed by atoms with Gasteiger partial charge in [-0.05, 0) is 50.9 Å². The first-order valence-corrected chi connectivity index (χ1v) is 10.0. The highest BCUT2D eigenvalue weighted by Gasteiger charge is 2.35. The maximum atomic E-state index is 11.7. The Labute approximate surface area is 148 Å². The standard InChI is InChI=1S/C19H27NO3S/c21-18(22)19(23-15-9-3-1-4-10-15)24-17-12-6-5-11-16(17)20-13-7-2-8-14-20/h1,3-4,9-10,16-17,19H,2,5-8,11-14H2,(H,21,22). The smallest absolute Gasteiger partial charge is 0.355 e. The van der Waals surface area contributed by atoms with Crippen LogP contribution < -0.4 is 4.74 Å². The molecule has 3 atom stereocenters. The van der Waals surface area contributed by atoms with Crippen LogP contribution in [-0.4, -0.2) is 45.8 Å². The molecular formula is C19H27NO3S. The molecule has 0 amide bonds. The van der Waals surface area contributed by atoms with Crippen molar-refractivity contribution in [2.24, 2.45) is 0 Å². The Morgan fingerprint density at radius 3 is 2.50 bits per heavy atom. The second-order valence-electron chi connectivity index (χ2n) is 6.72. The van der Waals surface area contributed by atoms with Crippen LogP contribution in [0.1, 0.15) is 44.9 Å². The predicted octanol–water partition coefficient (Wildman–Crippen LogP) is 4.01. The van der Waals surface area contributed by atoms with Crippen molar-refractivity contribution in [1.29, 1.82) is 0 Å². The van der Waals surface area contributed by atoms with Crippen molar-refractivity contribution in [3.05, 3.63) is 30.3 Å². The number of hydrogen-bond acceptors (Lipinski definition) is 4. The minimum Gasteiger partial charge on any atom is -0.478 e. The number of aliphatic carboxylic acids is 1. The number of nitrogens with zero attached hydrogens (tertiary/aromatic N) is 1. The van der Waals surface area contributed by atoms with Crippen molar-refractivity contribution in [3.8, 4) is 5.75 Å². The van der Waals surface area contributed by atoms with E-state index in [1.807, 2.05) is 30.3 Å². The lowest BCUT2D eigenvalue weighted by atomic mass is 9.92. The Morgan fingerprint density at radius 1 is 1.08 bits per heavy atom. The van der Waals surface area contributed by atoms with Gasteiger partial charge in [-0.25, -0.2) is 4.79 Å². The van der Waals surface area contributed by atoms with Gasteiger partial charge < -0.3 is 9.84 Å².